The van der Waals surface area contributed by atoms with Crippen molar-refractivity contribution in [3.63, 3.8) is 0 Å². The molecule has 2 aliphatic rings. The van der Waals surface area contributed by atoms with Gasteiger partial charge in [-0.3, -0.25) is 4.79 Å². The summed E-state index contributed by atoms with van der Waals surface area (Å²) < 4.78 is 24.7. The van der Waals surface area contributed by atoms with E-state index < -0.39 is 16.1 Å². The van der Waals surface area contributed by atoms with Crippen molar-refractivity contribution in [1.82, 2.24) is 9.21 Å². The van der Waals surface area contributed by atoms with E-state index >= 15 is 0 Å². The van der Waals surface area contributed by atoms with Crippen LogP contribution in [-0.2, 0) is 14.8 Å². The smallest absolute Gasteiger partial charge is 0.241 e. The Morgan fingerprint density at radius 1 is 1.26 bits per heavy atom. The lowest BCUT2D eigenvalue weighted by Crippen LogP contribution is -2.50. The summed E-state index contributed by atoms with van der Waals surface area (Å²) in [5, 5.41) is 9.19. The van der Waals surface area contributed by atoms with Gasteiger partial charge in [0.05, 0.1) is 6.26 Å². The zero-order valence-electron chi connectivity index (χ0n) is 11.3. The van der Waals surface area contributed by atoms with E-state index in [1.807, 2.05) is 0 Å². The number of amides is 1. The van der Waals surface area contributed by atoms with Crippen LogP contribution in [0.4, 0.5) is 0 Å². The van der Waals surface area contributed by atoms with E-state index in [9.17, 15) is 18.3 Å². The largest absolute Gasteiger partial charge is 0.396 e. The highest BCUT2D eigenvalue weighted by molar-refractivity contribution is 7.88. The Labute approximate surface area is 114 Å². The van der Waals surface area contributed by atoms with Gasteiger partial charge in [0, 0.05) is 26.2 Å². The Morgan fingerprint density at radius 3 is 2.58 bits per heavy atom. The number of sulfonamides is 1. The van der Waals surface area contributed by atoms with Crippen LogP contribution in [0.15, 0.2) is 0 Å². The van der Waals surface area contributed by atoms with Gasteiger partial charge in [-0.15, -0.1) is 0 Å². The van der Waals surface area contributed by atoms with Crippen LogP contribution in [-0.4, -0.2) is 67.2 Å². The van der Waals surface area contributed by atoms with E-state index in [0.717, 1.165) is 25.5 Å². The minimum Gasteiger partial charge on any atom is -0.396 e. The first kappa shape index (κ1) is 14.7. The van der Waals surface area contributed by atoms with Gasteiger partial charge in [0.2, 0.25) is 15.9 Å². The van der Waals surface area contributed by atoms with Crippen molar-refractivity contribution in [3.05, 3.63) is 0 Å². The topological polar surface area (TPSA) is 77.9 Å². The number of carbonyl (C=O) groups excluding carboxylic acids is 1. The SMILES string of the molecule is CS(=O)(=O)N1CCCC1C(=O)N1CCCC(CO)C1. The van der Waals surface area contributed by atoms with E-state index in [-0.39, 0.29) is 18.4 Å². The summed E-state index contributed by atoms with van der Waals surface area (Å²) in [6, 6.07) is -0.535. The minimum atomic E-state index is -3.32. The molecule has 0 radical (unpaired) electrons. The van der Waals surface area contributed by atoms with E-state index in [1.165, 1.54) is 4.31 Å². The van der Waals surface area contributed by atoms with Crippen LogP contribution < -0.4 is 0 Å². The first-order valence-corrected chi connectivity index (χ1v) is 8.64. The molecular formula is C12H22N2O4S. The third-order valence-corrected chi connectivity index (χ3v) is 5.29. The Kier molecular flexibility index (Phi) is 4.47. The molecule has 2 rings (SSSR count). The molecule has 2 fully saturated rings. The molecule has 0 aromatic carbocycles. The highest BCUT2D eigenvalue weighted by atomic mass is 32.2. The van der Waals surface area contributed by atoms with Gasteiger partial charge in [0.1, 0.15) is 6.04 Å². The molecule has 0 spiro atoms. The van der Waals surface area contributed by atoms with E-state index in [0.29, 0.717) is 26.1 Å². The number of likely N-dealkylation sites (tertiary alicyclic amines) is 1. The lowest BCUT2D eigenvalue weighted by atomic mass is 9.98. The first-order valence-electron chi connectivity index (χ1n) is 6.80. The molecule has 2 saturated heterocycles. The normalized spacial score (nSPS) is 29.7. The molecule has 1 N–H and O–H groups in total. The first-order chi connectivity index (χ1) is 8.93. The summed E-state index contributed by atoms with van der Waals surface area (Å²) in [6.07, 6.45) is 4.31. The van der Waals surface area contributed by atoms with Crippen molar-refractivity contribution >= 4 is 15.9 Å². The molecule has 2 heterocycles. The molecule has 2 aliphatic heterocycles. The predicted octanol–water partition coefficient (Wildman–Crippen LogP) is -0.359. The summed E-state index contributed by atoms with van der Waals surface area (Å²) in [5.74, 6) is 0.0341. The van der Waals surface area contributed by atoms with Gasteiger partial charge < -0.3 is 10.0 Å². The number of aliphatic hydroxyl groups excluding tert-OH is 1. The fourth-order valence-corrected chi connectivity index (χ4v) is 4.13. The van der Waals surface area contributed by atoms with Crippen LogP contribution in [0, 0.1) is 5.92 Å². The average molecular weight is 290 g/mol. The molecule has 19 heavy (non-hydrogen) atoms. The van der Waals surface area contributed by atoms with Gasteiger partial charge >= 0.3 is 0 Å². The molecule has 0 bridgehead atoms. The lowest BCUT2D eigenvalue weighted by molar-refractivity contribution is -0.136. The summed E-state index contributed by atoms with van der Waals surface area (Å²) in [7, 11) is -3.32. The zero-order valence-corrected chi connectivity index (χ0v) is 12.1. The molecule has 2 unspecified atom stereocenters. The number of hydrogen-bond acceptors (Lipinski definition) is 4. The summed E-state index contributed by atoms with van der Waals surface area (Å²) in [5.41, 5.74) is 0. The van der Waals surface area contributed by atoms with Crippen LogP contribution in [0.5, 0.6) is 0 Å². The summed E-state index contributed by atoms with van der Waals surface area (Å²) in [4.78, 5) is 14.2. The second-order valence-corrected chi connectivity index (χ2v) is 7.44. The van der Waals surface area contributed by atoms with Gasteiger partial charge in [-0.1, -0.05) is 0 Å². The molecule has 2 atom stereocenters. The quantitative estimate of drug-likeness (QED) is 0.770. The van der Waals surface area contributed by atoms with Crippen molar-refractivity contribution in [2.24, 2.45) is 5.92 Å². The number of hydrogen-bond donors (Lipinski definition) is 1. The second kappa shape index (κ2) is 5.76. The van der Waals surface area contributed by atoms with Crippen molar-refractivity contribution in [2.75, 3.05) is 32.5 Å². The van der Waals surface area contributed by atoms with Gasteiger partial charge in [-0.05, 0) is 31.6 Å². The average Bonchev–Trinajstić information content (AvgIpc) is 2.87. The molecule has 0 aromatic heterocycles. The maximum atomic E-state index is 12.5. The molecule has 6 nitrogen and oxygen atoms in total. The Hall–Kier alpha value is -0.660. The lowest BCUT2D eigenvalue weighted by Gasteiger charge is -2.35. The maximum Gasteiger partial charge on any atom is 0.241 e. The Bertz CT molecular complexity index is 437. The third-order valence-electron chi connectivity index (χ3n) is 4.00. The van der Waals surface area contributed by atoms with Crippen LogP contribution in [0.2, 0.25) is 0 Å². The highest BCUT2D eigenvalue weighted by Crippen LogP contribution is 2.24. The van der Waals surface area contributed by atoms with Crippen molar-refractivity contribution < 1.29 is 18.3 Å². The van der Waals surface area contributed by atoms with Gasteiger partial charge in [-0.2, -0.15) is 4.31 Å². The highest BCUT2D eigenvalue weighted by Gasteiger charge is 2.39. The Morgan fingerprint density at radius 2 is 1.95 bits per heavy atom. The fourth-order valence-electron chi connectivity index (χ4n) is 3.01. The number of nitrogens with zero attached hydrogens (tertiary/aromatic N) is 2. The molecule has 0 saturated carbocycles. The van der Waals surface area contributed by atoms with Gasteiger partial charge in [0.15, 0.2) is 0 Å². The second-order valence-electron chi connectivity index (χ2n) is 5.51. The minimum absolute atomic E-state index is 0.0875. The molecular weight excluding hydrogens is 268 g/mol. The molecule has 0 aromatic rings. The van der Waals surface area contributed by atoms with Crippen molar-refractivity contribution in [2.45, 2.75) is 31.7 Å². The molecule has 1 amide bonds. The van der Waals surface area contributed by atoms with Crippen molar-refractivity contribution in [1.29, 1.82) is 0 Å². The van der Waals surface area contributed by atoms with Crippen LogP contribution in [0.1, 0.15) is 25.7 Å². The van der Waals surface area contributed by atoms with E-state index in [4.69, 9.17) is 0 Å². The van der Waals surface area contributed by atoms with E-state index in [1.54, 1.807) is 4.90 Å². The van der Waals surface area contributed by atoms with Crippen LogP contribution in [0.3, 0.4) is 0 Å². The van der Waals surface area contributed by atoms with Crippen molar-refractivity contribution in [3.8, 4) is 0 Å². The fraction of sp³-hybridized carbons (Fsp3) is 0.917. The van der Waals surface area contributed by atoms with Crippen LogP contribution >= 0.6 is 0 Å². The monoisotopic (exact) mass is 290 g/mol. The maximum absolute atomic E-state index is 12.5. The predicted molar refractivity (Wildman–Crippen MR) is 71.0 cm³/mol. The number of rotatable bonds is 3. The Balaban J connectivity index is 2.06. The number of piperidine rings is 1. The third kappa shape index (κ3) is 3.27. The molecule has 0 aliphatic carbocycles. The summed E-state index contributed by atoms with van der Waals surface area (Å²) >= 11 is 0. The molecule has 110 valence electrons. The molecule has 7 heteroatoms. The van der Waals surface area contributed by atoms with E-state index in [2.05, 4.69) is 0 Å². The number of aliphatic hydroxyl groups is 1. The van der Waals surface area contributed by atoms with Gasteiger partial charge in [0.25, 0.3) is 0 Å². The van der Waals surface area contributed by atoms with Crippen LogP contribution in [0.25, 0.3) is 0 Å². The van der Waals surface area contributed by atoms with Gasteiger partial charge in [-0.25, -0.2) is 8.42 Å². The number of carbonyl (C=O) groups is 1. The summed E-state index contributed by atoms with van der Waals surface area (Å²) in [6.45, 7) is 1.74. The zero-order chi connectivity index (χ0) is 14.0. The standard InChI is InChI=1S/C12H22N2O4S/c1-19(17,18)14-7-3-5-11(14)12(16)13-6-2-4-10(8-13)9-15/h10-11,15H,2-9H2,1H3.